The smallest absolute Gasteiger partial charge is 0.232 e. The number of hydrogen-bond donors (Lipinski definition) is 1. The van der Waals surface area contributed by atoms with Crippen molar-refractivity contribution in [3.63, 3.8) is 0 Å². The Kier molecular flexibility index (Phi) is 6.81. The molecule has 158 valence electrons. The molecule has 0 bridgehead atoms. The first kappa shape index (κ1) is 21.3. The molecule has 1 N–H and O–H groups in total. The molecule has 0 saturated carbocycles. The van der Waals surface area contributed by atoms with Crippen LogP contribution < -0.4 is 14.8 Å². The summed E-state index contributed by atoms with van der Waals surface area (Å²) in [5.41, 5.74) is 2.46. The van der Waals surface area contributed by atoms with Crippen molar-refractivity contribution in [1.29, 1.82) is 0 Å². The second kappa shape index (κ2) is 9.91. The van der Waals surface area contributed by atoms with E-state index in [1.165, 1.54) is 22.7 Å². The number of thiazole rings is 2. The number of rotatable bonds is 8. The molecule has 9 heteroatoms. The zero-order chi connectivity index (χ0) is 21.6. The third-order valence-corrected chi connectivity index (χ3v) is 6.13. The van der Waals surface area contributed by atoms with E-state index in [2.05, 4.69) is 15.3 Å². The molecule has 0 atom stereocenters. The summed E-state index contributed by atoms with van der Waals surface area (Å²) >= 11 is 8.71. The van der Waals surface area contributed by atoms with Gasteiger partial charge in [-0.05, 0) is 48.5 Å². The number of ether oxygens (including phenoxy) is 2. The largest absolute Gasteiger partial charge is 0.497 e. The van der Waals surface area contributed by atoms with Gasteiger partial charge in [0.2, 0.25) is 5.91 Å². The van der Waals surface area contributed by atoms with E-state index in [1.807, 2.05) is 35.0 Å². The molecular weight excluding hydrogens is 454 g/mol. The average molecular weight is 472 g/mol. The fraction of sp³-hybridized carbons (Fsp3) is 0.136. The van der Waals surface area contributed by atoms with Gasteiger partial charge in [-0.15, -0.1) is 22.7 Å². The van der Waals surface area contributed by atoms with Gasteiger partial charge in [-0.25, -0.2) is 9.97 Å². The lowest BCUT2D eigenvalue weighted by Gasteiger charge is -2.03. The highest BCUT2D eigenvalue weighted by Gasteiger charge is 2.12. The van der Waals surface area contributed by atoms with E-state index < -0.39 is 0 Å². The van der Waals surface area contributed by atoms with E-state index in [4.69, 9.17) is 21.1 Å². The first-order valence-corrected chi connectivity index (χ1v) is 11.4. The number of nitrogens with zero attached hydrogens (tertiary/aromatic N) is 2. The number of aromatic nitrogens is 2. The molecule has 1 amide bonds. The van der Waals surface area contributed by atoms with E-state index in [0.717, 1.165) is 27.8 Å². The number of benzene rings is 2. The molecule has 2 aromatic heterocycles. The summed E-state index contributed by atoms with van der Waals surface area (Å²) in [6, 6.07) is 14.8. The summed E-state index contributed by atoms with van der Waals surface area (Å²) in [4.78, 5) is 21.4. The Hall–Kier alpha value is -2.94. The van der Waals surface area contributed by atoms with Crippen molar-refractivity contribution in [3.8, 4) is 22.8 Å². The monoisotopic (exact) mass is 471 g/mol. The van der Waals surface area contributed by atoms with Crippen LogP contribution in [-0.4, -0.2) is 23.0 Å². The van der Waals surface area contributed by atoms with Crippen molar-refractivity contribution < 1.29 is 14.3 Å². The number of amides is 1. The topological polar surface area (TPSA) is 73.3 Å². The van der Waals surface area contributed by atoms with Gasteiger partial charge in [0.05, 0.1) is 24.9 Å². The molecule has 0 radical (unpaired) electrons. The Morgan fingerprint density at radius 1 is 1.00 bits per heavy atom. The highest BCUT2D eigenvalue weighted by Crippen LogP contribution is 2.26. The Morgan fingerprint density at radius 3 is 2.48 bits per heavy atom. The number of anilines is 1. The molecule has 4 rings (SSSR count). The molecule has 0 aliphatic rings. The van der Waals surface area contributed by atoms with Gasteiger partial charge in [0, 0.05) is 21.3 Å². The lowest BCUT2D eigenvalue weighted by molar-refractivity contribution is -0.115. The van der Waals surface area contributed by atoms with E-state index >= 15 is 0 Å². The molecule has 2 aromatic carbocycles. The normalized spacial score (nSPS) is 10.6. The van der Waals surface area contributed by atoms with Gasteiger partial charge in [-0.1, -0.05) is 11.6 Å². The van der Waals surface area contributed by atoms with Crippen LogP contribution in [0.5, 0.6) is 11.5 Å². The minimum atomic E-state index is -0.161. The standard InChI is InChI=1S/C22H18ClN3O3S2/c1-28-17-6-2-14(3-7-17)19-13-31-22(25-19)26-20(27)10-16-12-30-21(24-16)11-29-18-8-4-15(23)5-9-18/h2-9,12-13H,10-11H2,1H3,(H,25,26,27). The summed E-state index contributed by atoms with van der Waals surface area (Å²) < 4.78 is 10.9. The molecule has 6 nitrogen and oxygen atoms in total. The van der Waals surface area contributed by atoms with Crippen LogP contribution in [0.25, 0.3) is 11.3 Å². The molecule has 0 aliphatic heterocycles. The quantitative estimate of drug-likeness (QED) is 0.357. The maximum Gasteiger partial charge on any atom is 0.232 e. The summed E-state index contributed by atoms with van der Waals surface area (Å²) in [7, 11) is 1.63. The number of carbonyl (C=O) groups excluding carboxylic acids is 1. The number of halogens is 1. The van der Waals surface area contributed by atoms with E-state index in [0.29, 0.717) is 22.5 Å². The van der Waals surface area contributed by atoms with Gasteiger partial charge < -0.3 is 14.8 Å². The minimum absolute atomic E-state index is 0.161. The summed E-state index contributed by atoms with van der Waals surface area (Å²) in [5.74, 6) is 1.34. The molecule has 0 unspecified atom stereocenters. The van der Waals surface area contributed by atoms with Crippen molar-refractivity contribution in [2.24, 2.45) is 0 Å². The maximum absolute atomic E-state index is 12.4. The van der Waals surface area contributed by atoms with Crippen LogP contribution in [0.4, 0.5) is 5.13 Å². The predicted molar refractivity (Wildman–Crippen MR) is 124 cm³/mol. The van der Waals surface area contributed by atoms with Crippen LogP contribution in [-0.2, 0) is 17.8 Å². The van der Waals surface area contributed by atoms with Gasteiger partial charge in [0.15, 0.2) is 5.13 Å². The van der Waals surface area contributed by atoms with E-state index in [1.54, 1.807) is 31.4 Å². The Labute approximate surface area is 192 Å². The Bertz CT molecular complexity index is 1160. The minimum Gasteiger partial charge on any atom is -0.497 e. The second-order valence-electron chi connectivity index (χ2n) is 6.47. The van der Waals surface area contributed by atoms with Crippen LogP contribution in [0.1, 0.15) is 10.7 Å². The maximum atomic E-state index is 12.4. The highest BCUT2D eigenvalue weighted by molar-refractivity contribution is 7.14. The van der Waals surface area contributed by atoms with Gasteiger partial charge >= 0.3 is 0 Å². The lowest BCUT2D eigenvalue weighted by Crippen LogP contribution is -2.14. The first-order chi connectivity index (χ1) is 15.1. The summed E-state index contributed by atoms with van der Waals surface area (Å²) in [6.45, 7) is 0.339. The fourth-order valence-corrected chi connectivity index (χ4v) is 4.29. The SMILES string of the molecule is COc1ccc(-c2csc(NC(=O)Cc3csc(COc4ccc(Cl)cc4)n3)n2)cc1. The Balaban J connectivity index is 1.30. The third kappa shape index (κ3) is 5.81. The summed E-state index contributed by atoms with van der Waals surface area (Å²) in [6.07, 6.45) is 0.175. The zero-order valence-corrected chi connectivity index (χ0v) is 18.9. The number of carbonyl (C=O) groups is 1. The Morgan fingerprint density at radius 2 is 1.74 bits per heavy atom. The van der Waals surface area contributed by atoms with Crippen LogP contribution in [0.3, 0.4) is 0 Å². The third-order valence-electron chi connectivity index (χ3n) is 4.25. The van der Waals surface area contributed by atoms with Crippen LogP contribution >= 0.6 is 34.3 Å². The predicted octanol–water partition coefficient (Wildman–Crippen LogP) is 5.69. The van der Waals surface area contributed by atoms with Gasteiger partial charge in [0.1, 0.15) is 23.1 Å². The fourth-order valence-electron chi connectivity index (χ4n) is 2.73. The van der Waals surface area contributed by atoms with Crippen molar-refractivity contribution in [1.82, 2.24) is 9.97 Å². The van der Waals surface area contributed by atoms with Crippen LogP contribution in [0.2, 0.25) is 5.02 Å². The summed E-state index contributed by atoms with van der Waals surface area (Å²) in [5, 5.41) is 8.63. The van der Waals surface area contributed by atoms with Gasteiger partial charge in [-0.2, -0.15) is 0 Å². The molecular formula is C22H18ClN3O3S2. The molecule has 0 fully saturated rings. The lowest BCUT2D eigenvalue weighted by atomic mass is 10.2. The molecule has 0 saturated heterocycles. The van der Waals surface area contributed by atoms with Crippen molar-refractivity contribution >= 4 is 45.3 Å². The molecule has 2 heterocycles. The van der Waals surface area contributed by atoms with E-state index in [9.17, 15) is 4.79 Å². The average Bonchev–Trinajstić information content (AvgIpc) is 3.43. The molecule has 31 heavy (non-hydrogen) atoms. The van der Waals surface area contributed by atoms with Crippen LogP contribution in [0, 0.1) is 0 Å². The van der Waals surface area contributed by atoms with Crippen molar-refractivity contribution in [2.75, 3.05) is 12.4 Å². The van der Waals surface area contributed by atoms with Crippen molar-refractivity contribution in [3.05, 3.63) is 75.0 Å². The zero-order valence-electron chi connectivity index (χ0n) is 16.5. The van der Waals surface area contributed by atoms with Gasteiger partial charge in [0.25, 0.3) is 0 Å². The molecule has 0 spiro atoms. The second-order valence-corrected chi connectivity index (χ2v) is 8.70. The van der Waals surface area contributed by atoms with Crippen LogP contribution in [0.15, 0.2) is 59.3 Å². The van der Waals surface area contributed by atoms with Crippen molar-refractivity contribution in [2.45, 2.75) is 13.0 Å². The highest BCUT2D eigenvalue weighted by atomic mass is 35.5. The van der Waals surface area contributed by atoms with Gasteiger partial charge in [-0.3, -0.25) is 4.79 Å². The first-order valence-electron chi connectivity index (χ1n) is 9.30. The molecule has 0 aliphatic carbocycles. The van der Waals surface area contributed by atoms with E-state index in [-0.39, 0.29) is 12.3 Å². The number of methoxy groups -OCH3 is 1. The number of hydrogen-bond acceptors (Lipinski definition) is 7. The molecule has 4 aromatic rings. The number of nitrogens with one attached hydrogen (secondary N) is 1.